The van der Waals surface area contributed by atoms with Crippen LogP contribution in [-0.4, -0.2) is 15.0 Å². The van der Waals surface area contributed by atoms with E-state index in [9.17, 15) is 4.79 Å². The highest BCUT2D eigenvalue weighted by Crippen LogP contribution is 2.33. The predicted octanol–water partition coefficient (Wildman–Crippen LogP) is 3.85. The second-order valence-corrected chi connectivity index (χ2v) is 7.41. The normalized spacial score (nSPS) is 12.7. The zero-order valence-corrected chi connectivity index (χ0v) is 13.6. The van der Waals surface area contributed by atoms with Crippen LogP contribution in [0.4, 0.5) is 0 Å². The van der Waals surface area contributed by atoms with Crippen LogP contribution >= 0.6 is 23.1 Å². The van der Waals surface area contributed by atoms with E-state index >= 15 is 0 Å². The third-order valence-corrected chi connectivity index (χ3v) is 5.54. The van der Waals surface area contributed by atoms with E-state index in [0.717, 1.165) is 25.7 Å². The molecule has 0 saturated carbocycles. The molecule has 4 nitrogen and oxygen atoms in total. The number of aryl methyl sites for hydroxylation is 2. The Labute approximate surface area is 130 Å². The van der Waals surface area contributed by atoms with Gasteiger partial charge in [0.05, 0.1) is 15.7 Å². The van der Waals surface area contributed by atoms with Gasteiger partial charge in [-0.1, -0.05) is 17.8 Å². The van der Waals surface area contributed by atoms with E-state index in [1.54, 1.807) is 29.3 Å². The Hall–Kier alpha value is -1.66. The van der Waals surface area contributed by atoms with Gasteiger partial charge in [-0.15, -0.1) is 11.3 Å². The summed E-state index contributed by atoms with van der Waals surface area (Å²) >= 11 is 3.16. The SMILES string of the molecule is Cc1sc2nc([C@@H](C)Sc3ccccn3)[nH]c(=O)c2c1C. The van der Waals surface area contributed by atoms with Crippen LogP contribution < -0.4 is 5.56 Å². The monoisotopic (exact) mass is 317 g/mol. The van der Waals surface area contributed by atoms with Crippen molar-refractivity contribution in [2.24, 2.45) is 0 Å². The first-order chi connectivity index (χ1) is 10.1. The standard InChI is InChI=1S/C15H15N3OS2/c1-8-9(2)21-15-12(8)14(19)17-13(18-15)10(3)20-11-6-4-5-7-16-11/h4-7,10H,1-3H3,(H,17,18,19)/t10-/m1/s1. The summed E-state index contributed by atoms with van der Waals surface area (Å²) < 4.78 is 0. The second-order valence-electron chi connectivity index (χ2n) is 4.84. The number of hydrogen-bond donors (Lipinski definition) is 1. The van der Waals surface area contributed by atoms with Crippen molar-refractivity contribution in [1.82, 2.24) is 15.0 Å². The van der Waals surface area contributed by atoms with E-state index < -0.39 is 0 Å². The van der Waals surface area contributed by atoms with Crippen LogP contribution in [0.15, 0.2) is 34.2 Å². The molecule has 1 N–H and O–H groups in total. The first-order valence-electron chi connectivity index (χ1n) is 6.64. The number of rotatable bonds is 3. The number of pyridine rings is 1. The number of thiophene rings is 1. The molecule has 0 aliphatic heterocycles. The molecule has 0 bridgehead atoms. The van der Waals surface area contributed by atoms with Crippen molar-refractivity contribution in [1.29, 1.82) is 0 Å². The summed E-state index contributed by atoms with van der Waals surface area (Å²) in [6.45, 7) is 6.01. The number of H-pyrrole nitrogens is 1. The largest absolute Gasteiger partial charge is 0.309 e. The van der Waals surface area contributed by atoms with Crippen molar-refractivity contribution in [2.75, 3.05) is 0 Å². The highest BCUT2D eigenvalue weighted by Gasteiger charge is 2.16. The number of thioether (sulfide) groups is 1. The summed E-state index contributed by atoms with van der Waals surface area (Å²) in [5, 5.41) is 1.68. The maximum absolute atomic E-state index is 12.3. The molecule has 3 heterocycles. The Balaban J connectivity index is 1.99. The fourth-order valence-corrected chi connectivity index (χ4v) is 4.02. The molecule has 0 radical (unpaired) electrons. The van der Waals surface area contributed by atoms with Crippen molar-refractivity contribution in [2.45, 2.75) is 31.0 Å². The molecule has 3 aromatic heterocycles. The van der Waals surface area contributed by atoms with Crippen molar-refractivity contribution >= 4 is 33.3 Å². The van der Waals surface area contributed by atoms with Gasteiger partial charge in [-0.3, -0.25) is 4.79 Å². The van der Waals surface area contributed by atoms with Gasteiger partial charge in [0.1, 0.15) is 10.7 Å². The van der Waals surface area contributed by atoms with Gasteiger partial charge in [-0.05, 0) is 38.5 Å². The fourth-order valence-electron chi connectivity index (χ4n) is 2.12. The molecule has 1 atom stereocenters. The molecule has 0 unspecified atom stereocenters. The van der Waals surface area contributed by atoms with Gasteiger partial charge in [0.15, 0.2) is 0 Å². The van der Waals surface area contributed by atoms with Gasteiger partial charge in [0.25, 0.3) is 5.56 Å². The summed E-state index contributed by atoms with van der Waals surface area (Å²) in [6.07, 6.45) is 1.76. The first-order valence-corrected chi connectivity index (χ1v) is 8.33. The van der Waals surface area contributed by atoms with E-state index in [2.05, 4.69) is 15.0 Å². The Morgan fingerprint density at radius 1 is 1.33 bits per heavy atom. The summed E-state index contributed by atoms with van der Waals surface area (Å²) in [4.78, 5) is 26.1. The molecule has 0 spiro atoms. The maximum Gasteiger partial charge on any atom is 0.259 e. The van der Waals surface area contributed by atoms with Crippen molar-refractivity contribution in [3.63, 3.8) is 0 Å². The third-order valence-electron chi connectivity index (χ3n) is 3.38. The van der Waals surface area contributed by atoms with Crippen LogP contribution in [0, 0.1) is 13.8 Å². The Bertz CT molecular complexity index is 839. The van der Waals surface area contributed by atoms with E-state index in [4.69, 9.17) is 0 Å². The molecule has 0 saturated heterocycles. The summed E-state index contributed by atoms with van der Waals surface area (Å²) in [5.41, 5.74) is 0.977. The molecule has 0 aromatic carbocycles. The average molecular weight is 317 g/mol. The number of hydrogen-bond acceptors (Lipinski definition) is 5. The molecule has 3 aromatic rings. The number of aromatic nitrogens is 3. The summed E-state index contributed by atoms with van der Waals surface area (Å²) in [7, 11) is 0. The van der Waals surface area contributed by atoms with Crippen LogP contribution in [0.3, 0.4) is 0 Å². The smallest absolute Gasteiger partial charge is 0.259 e. The minimum absolute atomic E-state index is 0.0414. The van der Waals surface area contributed by atoms with E-state index in [1.165, 1.54) is 0 Å². The lowest BCUT2D eigenvalue weighted by molar-refractivity contribution is 0.920. The van der Waals surface area contributed by atoms with Gasteiger partial charge < -0.3 is 4.98 Å². The molecule has 0 aliphatic carbocycles. The number of aromatic amines is 1. The first kappa shape index (κ1) is 14.3. The molecule has 0 amide bonds. The zero-order chi connectivity index (χ0) is 15.0. The minimum atomic E-state index is -0.0506. The van der Waals surface area contributed by atoms with Gasteiger partial charge >= 0.3 is 0 Å². The lowest BCUT2D eigenvalue weighted by Crippen LogP contribution is -2.12. The maximum atomic E-state index is 12.3. The lowest BCUT2D eigenvalue weighted by atomic mass is 10.2. The lowest BCUT2D eigenvalue weighted by Gasteiger charge is -2.09. The highest BCUT2D eigenvalue weighted by molar-refractivity contribution is 7.99. The third kappa shape index (κ3) is 2.73. The van der Waals surface area contributed by atoms with Gasteiger partial charge in [0, 0.05) is 11.1 Å². The zero-order valence-electron chi connectivity index (χ0n) is 12.0. The predicted molar refractivity (Wildman–Crippen MR) is 88.2 cm³/mol. The Morgan fingerprint density at radius 2 is 2.14 bits per heavy atom. The number of fused-ring (bicyclic) bond motifs is 1. The Kier molecular flexibility index (Phi) is 3.82. The van der Waals surface area contributed by atoms with Crippen LogP contribution in [-0.2, 0) is 0 Å². The topological polar surface area (TPSA) is 58.6 Å². The summed E-state index contributed by atoms with van der Waals surface area (Å²) in [6, 6.07) is 5.79. The van der Waals surface area contributed by atoms with Crippen LogP contribution in [0.1, 0.15) is 28.4 Å². The van der Waals surface area contributed by atoms with E-state index in [-0.39, 0.29) is 10.8 Å². The molecular weight excluding hydrogens is 302 g/mol. The van der Waals surface area contributed by atoms with E-state index in [1.807, 2.05) is 39.0 Å². The number of nitrogens with zero attached hydrogens (tertiary/aromatic N) is 2. The van der Waals surface area contributed by atoms with Crippen LogP contribution in [0.25, 0.3) is 10.2 Å². The fraction of sp³-hybridized carbons (Fsp3) is 0.267. The Morgan fingerprint density at radius 3 is 2.86 bits per heavy atom. The van der Waals surface area contributed by atoms with Gasteiger partial charge in [-0.2, -0.15) is 0 Å². The number of nitrogens with one attached hydrogen (secondary N) is 1. The van der Waals surface area contributed by atoms with Gasteiger partial charge in [-0.25, -0.2) is 9.97 Å². The minimum Gasteiger partial charge on any atom is -0.309 e. The molecule has 108 valence electrons. The molecule has 21 heavy (non-hydrogen) atoms. The highest BCUT2D eigenvalue weighted by atomic mass is 32.2. The second kappa shape index (κ2) is 5.61. The van der Waals surface area contributed by atoms with Crippen molar-refractivity contribution in [3.05, 3.63) is 51.0 Å². The van der Waals surface area contributed by atoms with Crippen LogP contribution in [0.5, 0.6) is 0 Å². The van der Waals surface area contributed by atoms with Crippen LogP contribution in [0.2, 0.25) is 0 Å². The van der Waals surface area contributed by atoms with Gasteiger partial charge in [0.2, 0.25) is 0 Å². The summed E-state index contributed by atoms with van der Waals surface area (Å²) in [5.74, 6) is 0.699. The average Bonchev–Trinajstić information content (AvgIpc) is 2.75. The molecule has 3 rings (SSSR count). The molecule has 6 heteroatoms. The van der Waals surface area contributed by atoms with E-state index in [0.29, 0.717) is 5.82 Å². The van der Waals surface area contributed by atoms with Crippen molar-refractivity contribution < 1.29 is 0 Å². The molecule has 0 fully saturated rings. The van der Waals surface area contributed by atoms with Crippen molar-refractivity contribution in [3.8, 4) is 0 Å². The quantitative estimate of drug-likeness (QED) is 0.745. The molecular formula is C15H15N3OS2. The molecule has 0 aliphatic rings.